The van der Waals surface area contributed by atoms with Gasteiger partial charge in [0, 0.05) is 29.1 Å². The van der Waals surface area contributed by atoms with Crippen LogP contribution in [0.2, 0.25) is 0 Å². The predicted molar refractivity (Wildman–Crippen MR) is 138 cm³/mol. The number of nitrogens with zero attached hydrogens (tertiary/aromatic N) is 1. The summed E-state index contributed by atoms with van der Waals surface area (Å²) in [4.78, 5) is 29.1. The van der Waals surface area contributed by atoms with Crippen molar-refractivity contribution in [1.29, 1.82) is 0 Å². The van der Waals surface area contributed by atoms with Crippen LogP contribution in [-0.2, 0) is 11.2 Å². The molecule has 0 aliphatic carbocycles. The number of carbonyl (C=O) groups excluding carboxylic acids is 2. The van der Waals surface area contributed by atoms with Crippen molar-refractivity contribution in [2.24, 2.45) is 0 Å². The number of fused-ring (bicyclic) bond motifs is 1. The van der Waals surface area contributed by atoms with Crippen molar-refractivity contribution in [3.8, 4) is 5.75 Å². The lowest BCUT2D eigenvalue weighted by atomic mass is 10.1. The van der Waals surface area contributed by atoms with E-state index in [1.54, 1.807) is 25.1 Å². The number of rotatable bonds is 7. The standard InChI is InChI=1S/C28H28N2O3S/c1-19(13-14-20-9-5-4-6-10-20)29-27(31)22-15-16-25-23(17-22)30(2)28(32)26(34-25)18-21-11-7-8-12-24(21)33-3/h4-12,15-19H,13-14H2,1-3H3,(H,29,31). The van der Waals surface area contributed by atoms with Crippen molar-refractivity contribution < 1.29 is 14.3 Å². The predicted octanol–water partition coefficient (Wildman–Crippen LogP) is 5.56. The molecule has 0 aromatic heterocycles. The molecule has 0 radical (unpaired) electrons. The van der Waals surface area contributed by atoms with Crippen molar-refractivity contribution >= 4 is 35.3 Å². The summed E-state index contributed by atoms with van der Waals surface area (Å²) in [5, 5.41) is 3.08. The second-order valence-electron chi connectivity index (χ2n) is 8.30. The second kappa shape index (κ2) is 10.6. The zero-order valence-corrected chi connectivity index (χ0v) is 20.4. The van der Waals surface area contributed by atoms with Gasteiger partial charge in [-0.25, -0.2) is 0 Å². The van der Waals surface area contributed by atoms with Gasteiger partial charge in [-0.3, -0.25) is 9.59 Å². The number of ether oxygens (including phenoxy) is 1. The van der Waals surface area contributed by atoms with Crippen molar-refractivity contribution in [2.45, 2.75) is 30.7 Å². The van der Waals surface area contributed by atoms with E-state index >= 15 is 0 Å². The van der Waals surface area contributed by atoms with Crippen LogP contribution in [0.1, 0.15) is 34.8 Å². The molecule has 1 heterocycles. The SMILES string of the molecule is COc1ccccc1C=C1Sc2ccc(C(=O)NC(C)CCc3ccccc3)cc2N(C)C1=O. The number of para-hydroxylation sites is 1. The third-order valence-electron chi connectivity index (χ3n) is 5.83. The van der Waals surface area contributed by atoms with E-state index in [9.17, 15) is 9.59 Å². The topological polar surface area (TPSA) is 58.6 Å². The van der Waals surface area contributed by atoms with Gasteiger partial charge < -0.3 is 15.0 Å². The lowest BCUT2D eigenvalue weighted by Crippen LogP contribution is -2.34. The fraction of sp³-hybridized carbons (Fsp3) is 0.214. The fourth-order valence-corrected chi connectivity index (χ4v) is 4.95. The highest BCUT2D eigenvalue weighted by molar-refractivity contribution is 8.04. The summed E-state index contributed by atoms with van der Waals surface area (Å²) in [5.74, 6) is 0.465. The van der Waals surface area contributed by atoms with E-state index in [0.717, 1.165) is 29.0 Å². The van der Waals surface area contributed by atoms with Gasteiger partial charge in [-0.1, -0.05) is 60.3 Å². The van der Waals surface area contributed by atoms with Crippen LogP contribution in [0, 0.1) is 0 Å². The number of benzene rings is 3. The lowest BCUT2D eigenvalue weighted by molar-refractivity contribution is -0.114. The Bertz CT molecular complexity index is 1220. The van der Waals surface area contributed by atoms with Crippen molar-refractivity contribution in [3.63, 3.8) is 0 Å². The van der Waals surface area contributed by atoms with E-state index < -0.39 is 0 Å². The van der Waals surface area contributed by atoms with Gasteiger partial charge in [-0.15, -0.1) is 0 Å². The first kappa shape index (κ1) is 23.6. The Morgan fingerprint density at radius 3 is 2.59 bits per heavy atom. The van der Waals surface area contributed by atoms with Crippen LogP contribution < -0.4 is 15.0 Å². The van der Waals surface area contributed by atoms with Crippen LogP contribution in [-0.4, -0.2) is 32.0 Å². The molecule has 5 nitrogen and oxygen atoms in total. The minimum atomic E-state index is -0.135. The van der Waals surface area contributed by atoms with Gasteiger partial charge in [0.25, 0.3) is 11.8 Å². The lowest BCUT2D eigenvalue weighted by Gasteiger charge is -2.27. The molecule has 0 saturated carbocycles. The van der Waals surface area contributed by atoms with E-state index in [0.29, 0.717) is 16.2 Å². The molecule has 174 valence electrons. The number of methoxy groups -OCH3 is 1. The van der Waals surface area contributed by atoms with Crippen LogP contribution in [0.25, 0.3) is 6.08 Å². The zero-order valence-electron chi connectivity index (χ0n) is 19.6. The number of hydrogen-bond donors (Lipinski definition) is 1. The maximum Gasteiger partial charge on any atom is 0.264 e. The second-order valence-corrected chi connectivity index (χ2v) is 9.38. The van der Waals surface area contributed by atoms with Gasteiger partial charge in [-0.05, 0) is 55.7 Å². The maximum absolute atomic E-state index is 13.1. The first-order valence-electron chi connectivity index (χ1n) is 11.3. The summed E-state index contributed by atoms with van der Waals surface area (Å²) in [7, 11) is 3.35. The number of amides is 2. The first-order chi connectivity index (χ1) is 16.5. The summed E-state index contributed by atoms with van der Waals surface area (Å²) < 4.78 is 5.41. The van der Waals surface area contributed by atoms with Crippen molar-refractivity contribution in [2.75, 3.05) is 19.1 Å². The summed E-state index contributed by atoms with van der Waals surface area (Å²) in [6.07, 6.45) is 3.61. The Morgan fingerprint density at radius 1 is 1.09 bits per heavy atom. The van der Waals surface area contributed by atoms with Gasteiger partial charge in [0.15, 0.2) is 0 Å². The summed E-state index contributed by atoms with van der Waals surface area (Å²) in [5.41, 5.74) is 3.38. The van der Waals surface area contributed by atoms with Crippen LogP contribution in [0.4, 0.5) is 5.69 Å². The Kier molecular flexibility index (Phi) is 7.38. The van der Waals surface area contributed by atoms with Crippen molar-refractivity contribution in [3.05, 3.63) is 94.4 Å². The number of anilines is 1. The molecule has 4 rings (SSSR count). The van der Waals surface area contributed by atoms with E-state index in [1.165, 1.54) is 17.3 Å². The average Bonchev–Trinajstić information content (AvgIpc) is 2.86. The molecule has 6 heteroatoms. The minimum Gasteiger partial charge on any atom is -0.496 e. The monoisotopic (exact) mass is 472 g/mol. The van der Waals surface area contributed by atoms with E-state index in [-0.39, 0.29) is 17.9 Å². The molecule has 1 N–H and O–H groups in total. The maximum atomic E-state index is 13.1. The van der Waals surface area contributed by atoms with E-state index in [2.05, 4.69) is 17.4 Å². The number of likely N-dealkylation sites (N-methyl/N-ethyl adjacent to an activating group) is 1. The van der Waals surface area contributed by atoms with Gasteiger partial charge in [-0.2, -0.15) is 0 Å². The Labute approximate surface area is 204 Å². The molecule has 0 saturated heterocycles. The molecule has 3 aromatic carbocycles. The smallest absolute Gasteiger partial charge is 0.264 e. The summed E-state index contributed by atoms with van der Waals surface area (Å²) in [6.45, 7) is 2.01. The zero-order chi connectivity index (χ0) is 24.1. The number of aryl methyl sites for hydroxylation is 1. The Morgan fingerprint density at radius 2 is 1.82 bits per heavy atom. The van der Waals surface area contributed by atoms with E-state index in [4.69, 9.17) is 4.74 Å². The molecule has 0 spiro atoms. The largest absolute Gasteiger partial charge is 0.496 e. The van der Waals surface area contributed by atoms with Gasteiger partial charge in [0.1, 0.15) is 5.75 Å². The number of thioether (sulfide) groups is 1. The van der Waals surface area contributed by atoms with Gasteiger partial charge in [0.2, 0.25) is 0 Å². The van der Waals surface area contributed by atoms with Gasteiger partial charge >= 0.3 is 0 Å². The number of hydrogen-bond acceptors (Lipinski definition) is 4. The Hall–Kier alpha value is -3.51. The van der Waals surface area contributed by atoms with Crippen LogP contribution in [0.3, 0.4) is 0 Å². The molecule has 34 heavy (non-hydrogen) atoms. The molecular formula is C28H28N2O3S. The Balaban J connectivity index is 1.47. The highest BCUT2D eigenvalue weighted by Crippen LogP contribution is 2.42. The molecule has 0 fully saturated rings. The van der Waals surface area contributed by atoms with Crippen LogP contribution in [0.15, 0.2) is 82.6 Å². The normalized spacial score (nSPS) is 15.1. The molecule has 1 unspecified atom stereocenters. The molecule has 1 aliphatic heterocycles. The van der Waals surface area contributed by atoms with Crippen molar-refractivity contribution in [1.82, 2.24) is 5.32 Å². The summed E-state index contributed by atoms with van der Waals surface area (Å²) >= 11 is 1.41. The highest BCUT2D eigenvalue weighted by atomic mass is 32.2. The number of nitrogens with one attached hydrogen (secondary N) is 1. The minimum absolute atomic E-state index is 0.0351. The molecule has 3 aromatic rings. The quantitative estimate of drug-likeness (QED) is 0.458. The summed E-state index contributed by atoms with van der Waals surface area (Å²) in [6, 6.07) is 23.4. The third kappa shape index (κ3) is 5.34. The fourth-order valence-electron chi connectivity index (χ4n) is 3.87. The highest BCUT2D eigenvalue weighted by Gasteiger charge is 2.27. The molecule has 0 bridgehead atoms. The molecule has 1 aliphatic rings. The average molecular weight is 473 g/mol. The van der Waals surface area contributed by atoms with Crippen LogP contribution >= 0.6 is 11.8 Å². The van der Waals surface area contributed by atoms with E-state index in [1.807, 2.05) is 67.6 Å². The van der Waals surface area contributed by atoms with Crippen LogP contribution in [0.5, 0.6) is 5.75 Å². The molecule has 2 amide bonds. The van der Waals surface area contributed by atoms with Gasteiger partial charge in [0.05, 0.1) is 17.7 Å². The molecule has 1 atom stereocenters. The first-order valence-corrected chi connectivity index (χ1v) is 12.1. The third-order valence-corrected chi connectivity index (χ3v) is 6.91. The number of carbonyl (C=O) groups is 2. The molecular weight excluding hydrogens is 444 g/mol.